The monoisotopic (exact) mass is 377 g/mol. The standard InChI is InChI=1S/C20H16FN5O2/c1-26(11-15-8-13-7-14(21)4-5-17(13)24-15)20(28)16-10-23-18(25-19(16)27)12-3-2-6-22-9-12/h2-10,24H,11H2,1H3,(H,23,25,27). The van der Waals surface area contributed by atoms with Gasteiger partial charge in [0, 0.05) is 47.8 Å². The maximum absolute atomic E-state index is 13.3. The Morgan fingerprint density at radius 3 is 2.79 bits per heavy atom. The first-order valence-electron chi connectivity index (χ1n) is 8.53. The molecule has 1 amide bonds. The summed E-state index contributed by atoms with van der Waals surface area (Å²) in [6, 6.07) is 9.69. The Bertz CT molecular complexity index is 1220. The summed E-state index contributed by atoms with van der Waals surface area (Å²) in [7, 11) is 1.59. The largest absolute Gasteiger partial charge is 0.357 e. The number of aromatic amines is 2. The number of carbonyl (C=O) groups is 1. The number of fused-ring (bicyclic) bond motifs is 1. The lowest BCUT2D eigenvalue weighted by Gasteiger charge is -2.15. The fourth-order valence-corrected chi connectivity index (χ4v) is 2.98. The van der Waals surface area contributed by atoms with Crippen molar-refractivity contribution in [2.45, 2.75) is 6.54 Å². The molecule has 0 aliphatic heterocycles. The lowest BCUT2D eigenvalue weighted by Crippen LogP contribution is -2.31. The highest BCUT2D eigenvalue weighted by Crippen LogP contribution is 2.18. The van der Waals surface area contributed by atoms with Crippen molar-refractivity contribution in [2.75, 3.05) is 7.05 Å². The smallest absolute Gasteiger partial charge is 0.264 e. The summed E-state index contributed by atoms with van der Waals surface area (Å²) in [6.45, 7) is 0.235. The zero-order valence-corrected chi connectivity index (χ0v) is 14.9. The number of benzene rings is 1. The maximum atomic E-state index is 13.3. The molecule has 0 atom stereocenters. The van der Waals surface area contributed by atoms with E-state index in [1.54, 1.807) is 43.7 Å². The van der Waals surface area contributed by atoms with E-state index in [-0.39, 0.29) is 17.9 Å². The van der Waals surface area contributed by atoms with E-state index < -0.39 is 11.5 Å². The topological polar surface area (TPSA) is 94.7 Å². The molecule has 0 unspecified atom stereocenters. The van der Waals surface area contributed by atoms with Gasteiger partial charge in [-0.3, -0.25) is 14.6 Å². The van der Waals surface area contributed by atoms with Crippen molar-refractivity contribution in [2.24, 2.45) is 0 Å². The summed E-state index contributed by atoms with van der Waals surface area (Å²) in [4.78, 5) is 40.4. The number of nitrogens with one attached hydrogen (secondary N) is 2. The molecule has 0 saturated heterocycles. The normalized spacial score (nSPS) is 10.9. The van der Waals surface area contributed by atoms with Gasteiger partial charge in [-0.25, -0.2) is 9.37 Å². The summed E-state index contributed by atoms with van der Waals surface area (Å²) in [5.41, 5.74) is 1.57. The minimum Gasteiger partial charge on any atom is -0.357 e. The van der Waals surface area contributed by atoms with E-state index in [2.05, 4.69) is 19.9 Å². The molecule has 4 rings (SSSR count). The molecule has 4 aromatic rings. The predicted molar refractivity (Wildman–Crippen MR) is 102 cm³/mol. The number of halogens is 1. The SMILES string of the molecule is CN(Cc1cc2cc(F)ccc2[nH]1)C(=O)c1cnc(-c2cccnc2)[nH]c1=O. The van der Waals surface area contributed by atoms with Crippen LogP contribution in [0.3, 0.4) is 0 Å². The molecule has 1 aromatic carbocycles. The van der Waals surface area contributed by atoms with Gasteiger partial charge in [0.2, 0.25) is 0 Å². The summed E-state index contributed by atoms with van der Waals surface area (Å²) in [5.74, 6) is -0.444. The van der Waals surface area contributed by atoms with Crippen molar-refractivity contribution >= 4 is 16.8 Å². The molecule has 0 spiro atoms. The van der Waals surface area contributed by atoms with Crippen LogP contribution in [0.1, 0.15) is 16.1 Å². The summed E-state index contributed by atoms with van der Waals surface area (Å²) < 4.78 is 13.3. The molecule has 3 heterocycles. The summed E-state index contributed by atoms with van der Waals surface area (Å²) in [6.07, 6.45) is 4.46. The number of rotatable bonds is 4. The molecule has 0 aliphatic carbocycles. The van der Waals surface area contributed by atoms with Crippen LogP contribution in [0.15, 0.2) is 59.8 Å². The summed E-state index contributed by atoms with van der Waals surface area (Å²) in [5, 5.41) is 0.719. The van der Waals surface area contributed by atoms with Crippen LogP contribution in [0, 0.1) is 5.82 Å². The van der Waals surface area contributed by atoms with Crippen molar-refractivity contribution in [3.63, 3.8) is 0 Å². The van der Waals surface area contributed by atoms with E-state index in [0.717, 1.165) is 16.6 Å². The average molecular weight is 377 g/mol. The Kier molecular flexibility index (Phi) is 4.44. The molecule has 3 aromatic heterocycles. The Morgan fingerprint density at radius 2 is 2.04 bits per heavy atom. The van der Waals surface area contributed by atoms with Gasteiger partial charge in [-0.15, -0.1) is 0 Å². The zero-order valence-electron chi connectivity index (χ0n) is 14.9. The second kappa shape index (κ2) is 7.07. The first-order valence-corrected chi connectivity index (χ1v) is 8.53. The molecule has 0 saturated carbocycles. The lowest BCUT2D eigenvalue weighted by atomic mass is 10.2. The van der Waals surface area contributed by atoms with E-state index in [0.29, 0.717) is 11.4 Å². The van der Waals surface area contributed by atoms with Crippen molar-refractivity contribution in [1.29, 1.82) is 0 Å². The molecule has 0 aliphatic rings. The predicted octanol–water partition coefficient (Wildman–Crippen LogP) is 2.72. The third-order valence-corrected chi connectivity index (χ3v) is 4.36. The Labute approximate surface area is 158 Å². The molecule has 28 heavy (non-hydrogen) atoms. The van der Waals surface area contributed by atoms with Gasteiger partial charge >= 0.3 is 0 Å². The first-order chi connectivity index (χ1) is 13.5. The van der Waals surface area contributed by atoms with Crippen LogP contribution in [-0.4, -0.2) is 37.8 Å². The Morgan fingerprint density at radius 1 is 1.18 bits per heavy atom. The number of H-pyrrole nitrogens is 2. The zero-order chi connectivity index (χ0) is 19.7. The lowest BCUT2D eigenvalue weighted by molar-refractivity contribution is 0.0781. The van der Waals surface area contributed by atoms with Gasteiger partial charge in [-0.05, 0) is 36.4 Å². The van der Waals surface area contributed by atoms with Crippen molar-refractivity contribution in [1.82, 2.24) is 24.8 Å². The number of nitrogens with zero attached hydrogens (tertiary/aromatic N) is 3. The highest BCUT2D eigenvalue weighted by Gasteiger charge is 2.18. The van der Waals surface area contributed by atoms with E-state index >= 15 is 0 Å². The minimum atomic E-state index is -0.524. The van der Waals surface area contributed by atoms with Crippen LogP contribution in [0.5, 0.6) is 0 Å². The second-order valence-electron chi connectivity index (χ2n) is 6.40. The van der Waals surface area contributed by atoms with Gasteiger partial charge in [-0.1, -0.05) is 0 Å². The van der Waals surface area contributed by atoms with Crippen molar-refractivity contribution < 1.29 is 9.18 Å². The average Bonchev–Trinajstić information content (AvgIpc) is 3.09. The molecular formula is C20H16FN5O2. The van der Waals surface area contributed by atoms with E-state index in [1.165, 1.54) is 23.2 Å². The van der Waals surface area contributed by atoms with Crippen LogP contribution in [0.25, 0.3) is 22.3 Å². The first kappa shape index (κ1) is 17.6. The number of pyridine rings is 1. The van der Waals surface area contributed by atoms with Crippen LogP contribution in [-0.2, 0) is 6.54 Å². The molecule has 0 fully saturated rings. The number of hydrogen-bond acceptors (Lipinski definition) is 4. The molecule has 0 bridgehead atoms. The molecule has 7 nitrogen and oxygen atoms in total. The van der Waals surface area contributed by atoms with Gasteiger partial charge in [0.25, 0.3) is 11.5 Å². The third-order valence-electron chi connectivity index (χ3n) is 4.36. The second-order valence-corrected chi connectivity index (χ2v) is 6.40. The third kappa shape index (κ3) is 3.39. The molecule has 2 N–H and O–H groups in total. The minimum absolute atomic E-state index is 0.0581. The van der Waals surface area contributed by atoms with Gasteiger partial charge in [0.1, 0.15) is 17.2 Å². The highest BCUT2D eigenvalue weighted by molar-refractivity contribution is 5.93. The maximum Gasteiger partial charge on any atom is 0.264 e. The van der Waals surface area contributed by atoms with Crippen LogP contribution in [0.2, 0.25) is 0 Å². The number of carbonyl (C=O) groups excluding carboxylic acids is 1. The van der Waals surface area contributed by atoms with Crippen LogP contribution in [0.4, 0.5) is 4.39 Å². The van der Waals surface area contributed by atoms with Gasteiger partial charge in [-0.2, -0.15) is 0 Å². The highest BCUT2D eigenvalue weighted by atomic mass is 19.1. The fraction of sp³-hybridized carbons (Fsp3) is 0.100. The van der Waals surface area contributed by atoms with Crippen LogP contribution >= 0.6 is 0 Å². The van der Waals surface area contributed by atoms with E-state index in [4.69, 9.17) is 0 Å². The van der Waals surface area contributed by atoms with E-state index in [1.807, 2.05) is 0 Å². The molecular weight excluding hydrogens is 361 g/mol. The number of amides is 1. The van der Waals surface area contributed by atoms with E-state index in [9.17, 15) is 14.0 Å². The number of hydrogen-bond donors (Lipinski definition) is 2. The Hall–Kier alpha value is -3.81. The molecule has 8 heteroatoms. The molecule has 140 valence electrons. The quantitative estimate of drug-likeness (QED) is 0.572. The van der Waals surface area contributed by atoms with Crippen LogP contribution < -0.4 is 5.56 Å². The van der Waals surface area contributed by atoms with Crippen molar-refractivity contribution in [3.05, 3.63) is 82.4 Å². The van der Waals surface area contributed by atoms with Crippen molar-refractivity contribution in [3.8, 4) is 11.4 Å². The van der Waals surface area contributed by atoms with Gasteiger partial charge < -0.3 is 14.9 Å². The number of aromatic nitrogens is 4. The Balaban J connectivity index is 1.55. The molecule has 0 radical (unpaired) electrons. The van der Waals surface area contributed by atoms with Gasteiger partial charge in [0.15, 0.2) is 0 Å². The summed E-state index contributed by atoms with van der Waals surface area (Å²) >= 11 is 0. The van der Waals surface area contributed by atoms with Gasteiger partial charge in [0.05, 0.1) is 6.54 Å². The fourth-order valence-electron chi connectivity index (χ4n) is 2.98.